The van der Waals surface area contributed by atoms with Crippen molar-refractivity contribution < 1.29 is 0 Å². The van der Waals surface area contributed by atoms with Crippen LogP contribution in [-0.2, 0) is 0 Å². The lowest BCUT2D eigenvalue weighted by molar-refractivity contribution is 0.368. The first kappa shape index (κ1) is 12.6. The molecule has 0 amide bonds. The van der Waals surface area contributed by atoms with Gasteiger partial charge in [-0.25, -0.2) is 4.98 Å². The minimum absolute atomic E-state index is 0.124. The molecule has 106 valence electrons. The molecule has 0 unspecified atom stereocenters. The Bertz CT molecular complexity index is 865. The van der Waals surface area contributed by atoms with Gasteiger partial charge in [0.05, 0.1) is 22.4 Å². The largest absolute Gasteiger partial charge is 0.366 e. The Morgan fingerprint density at radius 2 is 2.24 bits per heavy atom. The monoisotopic (exact) mass is 345 g/mol. The summed E-state index contributed by atoms with van der Waals surface area (Å²) in [6.07, 6.45) is 5.44. The van der Waals surface area contributed by atoms with Gasteiger partial charge in [0, 0.05) is 36.9 Å². The summed E-state index contributed by atoms with van der Waals surface area (Å²) in [5.74, 6) is 0. The third-order valence-corrected chi connectivity index (χ3v) is 4.15. The molecule has 0 spiro atoms. The zero-order valence-electron chi connectivity index (χ0n) is 11.0. The first-order valence-corrected chi connectivity index (χ1v) is 7.43. The molecule has 0 bridgehead atoms. The number of fused-ring (bicyclic) bond motifs is 1. The van der Waals surface area contributed by atoms with Gasteiger partial charge in [-0.3, -0.25) is 9.48 Å². The summed E-state index contributed by atoms with van der Waals surface area (Å²) in [5, 5.41) is 5.28. The number of halogens is 1. The van der Waals surface area contributed by atoms with Gasteiger partial charge in [0.15, 0.2) is 0 Å². The van der Waals surface area contributed by atoms with Crippen molar-refractivity contribution in [1.29, 1.82) is 0 Å². The maximum atomic E-state index is 11.8. The normalized spacial score (nSPS) is 15.4. The first-order valence-electron chi connectivity index (χ1n) is 6.63. The van der Waals surface area contributed by atoms with E-state index in [1.54, 1.807) is 18.5 Å². The maximum Gasteiger partial charge on any atom is 0.251 e. The molecule has 0 aromatic carbocycles. The van der Waals surface area contributed by atoms with E-state index in [2.05, 4.69) is 35.9 Å². The van der Waals surface area contributed by atoms with Gasteiger partial charge in [0.25, 0.3) is 5.56 Å². The SMILES string of the molecule is O=c1cc(N2CC(n3cc(Br)cn3)C2)c2cccnc2[nH]1. The van der Waals surface area contributed by atoms with Crippen molar-refractivity contribution in [2.45, 2.75) is 6.04 Å². The minimum Gasteiger partial charge on any atom is -0.366 e. The minimum atomic E-state index is -0.124. The summed E-state index contributed by atoms with van der Waals surface area (Å²) in [7, 11) is 0. The fraction of sp³-hybridized carbons (Fsp3) is 0.214. The predicted molar refractivity (Wildman–Crippen MR) is 83.5 cm³/mol. The average Bonchev–Trinajstić information content (AvgIpc) is 2.83. The van der Waals surface area contributed by atoms with Crippen molar-refractivity contribution in [3.63, 3.8) is 0 Å². The van der Waals surface area contributed by atoms with E-state index in [4.69, 9.17) is 0 Å². The Morgan fingerprint density at radius 3 is 3.00 bits per heavy atom. The zero-order chi connectivity index (χ0) is 14.4. The van der Waals surface area contributed by atoms with Crippen molar-refractivity contribution in [2.24, 2.45) is 0 Å². The highest BCUT2D eigenvalue weighted by Crippen LogP contribution is 2.31. The van der Waals surface area contributed by atoms with Crippen LogP contribution in [0.15, 0.2) is 46.1 Å². The quantitative estimate of drug-likeness (QED) is 0.770. The van der Waals surface area contributed by atoms with E-state index in [9.17, 15) is 4.79 Å². The molecule has 0 atom stereocenters. The molecule has 1 N–H and O–H groups in total. The van der Waals surface area contributed by atoms with Crippen molar-refractivity contribution in [1.82, 2.24) is 19.7 Å². The van der Waals surface area contributed by atoms with Crippen LogP contribution >= 0.6 is 15.9 Å². The van der Waals surface area contributed by atoms with E-state index >= 15 is 0 Å². The second-order valence-electron chi connectivity index (χ2n) is 5.12. The van der Waals surface area contributed by atoms with E-state index in [0.717, 1.165) is 28.6 Å². The topological polar surface area (TPSA) is 66.8 Å². The molecule has 6 nitrogen and oxygen atoms in total. The molecule has 1 aliphatic rings. The van der Waals surface area contributed by atoms with Gasteiger partial charge in [0.1, 0.15) is 5.65 Å². The summed E-state index contributed by atoms with van der Waals surface area (Å²) < 4.78 is 2.93. The predicted octanol–water partition coefficient (Wildman–Crippen LogP) is 1.94. The van der Waals surface area contributed by atoms with E-state index in [-0.39, 0.29) is 5.56 Å². The number of pyridine rings is 2. The summed E-state index contributed by atoms with van der Waals surface area (Å²) in [4.78, 5) is 20.9. The molecule has 1 aliphatic heterocycles. The Hall–Kier alpha value is -2.15. The summed E-state index contributed by atoms with van der Waals surface area (Å²) in [5.41, 5.74) is 1.44. The van der Waals surface area contributed by atoms with Gasteiger partial charge in [-0.1, -0.05) is 0 Å². The Kier molecular flexibility index (Phi) is 2.81. The zero-order valence-corrected chi connectivity index (χ0v) is 12.6. The molecule has 3 aromatic rings. The van der Waals surface area contributed by atoms with Crippen molar-refractivity contribution in [3.05, 3.63) is 51.6 Å². The van der Waals surface area contributed by atoms with E-state index in [1.807, 2.05) is 23.0 Å². The molecule has 7 heteroatoms. The van der Waals surface area contributed by atoms with Crippen LogP contribution in [0.1, 0.15) is 6.04 Å². The van der Waals surface area contributed by atoms with Crippen LogP contribution in [0.4, 0.5) is 5.69 Å². The number of H-pyrrole nitrogens is 1. The molecular weight excluding hydrogens is 334 g/mol. The van der Waals surface area contributed by atoms with Crippen LogP contribution in [-0.4, -0.2) is 32.8 Å². The van der Waals surface area contributed by atoms with Gasteiger partial charge >= 0.3 is 0 Å². The van der Waals surface area contributed by atoms with Crippen LogP contribution in [0.3, 0.4) is 0 Å². The van der Waals surface area contributed by atoms with Crippen LogP contribution in [0.2, 0.25) is 0 Å². The molecule has 4 heterocycles. The number of nitrogens with one attached hydrogen (secondary N) is 1. The number of anilines is 1. The second kappa shape index (κ2) is 4.70. The fourth-order valence-electron chi connectivity index (χ4n) is 2.66. The molecule has 0 saturated carbocycles. The molecule has 1 saturated heterocycles. The van der Waals surface area contributed by atoms with Crippen molar-refractivity contribution in [3.8, 4) is 0 Å². The highest BCUT2D eigenvalue weighted by molar-refractivity contribution is 9.10. The van der Waals surface area contributed by atoms with Gasteiger partial charge in [-0.05, 0) is 28.1 Å². The van der Waals surface area contributed by atoms with Crippen LogP contribution in [0.25, 0.3) is 11.0 Å². The molecular formula is C14H12BrN5O. The standard InChI is InChI=1S/C14H12BrN5O/c15-9-5-17-20(6-9)10-7-19(8-10)12-4-13(21)18-14-11(12)2-1-3-16-14/h1-6,10H,7-8H2,(H,16,18,21). The van der Waals surface area contributed by atoms with Crippen LogP contribution in [0.5, 0.6) is 0 Å². The number of aromatic nitrogens is 4. The average molecular weight is 346 g/mol. The third kappa shape index (κ3) is 2.13. The molecule has 0 aliphatic carbocycles. The number of hydrogen-bond acceptors (Lipinski definition) is 4. The van der Waals surface area contributed by atoms with E-state index in [1.165, 1.54) is 0 Å². The lowest BCUT2D eigenvalue weighted by atomic mass is 10.1. The molecule has 21 heavy (non-hydrogen) atoms. The first-order chi connectivity index (χ1) is 10.2. The van der Waals surface area contributed by atoms with Crippen molar-refractivity contribution >= 4 is 32.7 Å². The van der Waals surface area contributed by atoms with Crippen molar-refractivity contribution in [2.75, 3.05) is 18.0 Å². The number of nitrogens with zero attached hydrogens (tertiary/aromatic N) is 4. The molecule has 3 aromatic heterocycles. The molecule has 0 radical (unpaired) electrons. The van der Waals surface area contributed by atoms with Crippen LogP contribution < -0.4 is 10.5 Å². The molecule has 4 rings (SSSR count). The van der Waals surface area contributed by atoms with E-state index in [0.29, 0.717) is 11.7 Å². The number of aromatic amines is 1. The van der Waals surface area contributed by atoms with Gasteiger partial charge in [-0.2, -0.15) is 5.10 Å². The Labute approximate surface area is 128 Å². The fourth-order valence-corrected chi connectivity index (χ4v) is 2.96. The highest BCUT2D eigenvalue weighted by atomic mass is 79.9. The van der Waals surface area contributed by atoms with Crippen LogP contribution in [0, 0.1) is 0 Å². The smallest absolute Gasteiger partial charge is 0.251 e. The van der Waals surface area contributed by atoms with Gasteiger partial charge < -0.3 is 9.88 Å². The Balaban J connectivity index is 1.65. The number of rotatable bonds is 2. The van der Waals surface area contributed by atoms with E-state index < -0.39 is 0 Å². The lowest BCUT2D eigenvalue weighted by Gasteiger charge is -2.41. The molecule has 1 fully saturated rings. The maximum absolute atomic E-state index is 11.8. The number of hydrogen-bond donors (Lipinski definition) is 1. The summed E-state index contributed by atoms with van der Waals surface area (Å²) in [6.45, 7) is 1.67. The summed E-state index contributed by atoms with van der Waals surface area (Å²) >= 11 is 3.41. The van der Waals surface area contributed by atoms with Gasteiger partial charge in [-0.15, -0.1) is 0 Å². The van der Waals surface area contributed by atoms with Gasteiger partial charge in [0.2, 0.25) is 0 Å². The lowest BCUT2D eigenvalue weighted by Crippen LogP contribution is -2.48. The second-order valence-corrected chi connectivity index (χ2v) is 6.03. The summed E-state index contributed by atoms with van der Waals surface area (Å²) in [6, 6.07) is 5.83. The highest BCUT2D eigenvalue weighted by Gasteiger charge is 2.30. The third-order valence-electron chi connectivity index (χ3n) is 3.74. The Morgan fingerprint density at radius 1 is 1.38 bits per heavy atom.